The van der Waals surface area contributed by atoms with E-state index in [9.17, 15) is 14.7 Å². The highest BCUT2D eigenvalue weighted by Gasteiger charge is 2.30. The number of carboxylic acid groups (broad SMARTS) is 1. The minimum atomic E-state index is -1.06. The lowest BCUT2D eigenvalue weighted by Crippen LogP contribution is -2.45. The van der Waals surface area contributed by atoms with Gasteiger partial charge in [0.25, 0.3) is 0 Å². The number of carbonyl (C=O) groups is 2. The fourth-order valence-corrected chi connectivity index (χ4v) is 3.02. The van der Waals surface area contributed by atoms with Crippen molar-refractivity contribution in [3.8, 4) is 0 Å². The molecule has 0 unspecified atom stereocenters. The topological polar surface area (TPSA) is 70.5 Å². The molecule has 0 saturated carbocycles. The molecular weight excluding hydrogens is 264 g/mol. The minimum absolute atomic E-state index is 0.379. The number of fused-ring (bicyclic) bond motifs is 1. The molecule has 0 spiro atoms. The first kappa shape index (κ1) is 13.5. The number of carbonyl (C=O) groups excluding carboxylic acids is 1. The van der Waals surface area contributed by atoms with E-state index in [0.29, 0.717) is 20.9 Å². The Morgan fingerprint density at radius 2 is 2.11 bits per heavy atom. The van der Waals surface area contributed by atoms with Crippen LogP contribution in [0.1, 0.15) is 31.1 Å². The largest absolute Gasteiger partial charge is 0.465 e. The lowest BCUT2D eigenvalue weighted by Gasteiger charge is -2.30. The van der Waals surface area contributed by atoms with E-state index in [2.05, 4.69) is 4.98 Å². The first-order valence-corrected chi connectivity index (χ1v) is 6.54. The average Bonchev–Trinajstić information content (AvgIpc) is 2.68. The van der Waals surface area contributed by atoms with Gasteiger partial charge < -0.3 is 5.11 Å². The molecule has 0 bridgehead atoms. The number of benzene rings is 1. The molecule has 0 radical (unpaired) electrons. The quantitative estimate of drug-likeness (QED) is 0.855. The lowest BCUT2D eigenvalue weighted by atomic mass is 10.1. The van der Waals surface area contributed by atoms with Crippen LogP contribution in [0.5, 0.6) is 0 Å². The van der Waals surface area contributed by atoms with Crippen LogP contribution < -0.4 is 4.90 Å². The third-order valence-electron chi connectivity index (χ3n) is 2.61. The monoisotopic (exact) mass is 278 g/mol. The second-order valence-electron chi connectivity index (χ2n) is 5.10. The van der Waals surface area contributed by atoms with Crippen LogP contribution in [0.4, 0.5) is 9.93 Å². The van der Waals surface area contributed by atoms with Crippen LogP contribution >= 0.6 is 11.3 Å². The zero-order chi connectivity index (χ0) is 14.2. The Kier molecular flexibility index (Phi) is 3.28. The lowest BCUT2D eigenvalue weighted by molar-refractivity contribution is 0.112. The van der Waals surface area contributed by atoms with E-state index < -0.39 is 11.6 Å². The van der Waals surface area contributed by atoms with Gasteiger partial charge in [-0.1, -0.05) is 23.5 Å². The highest BCUT2D eigenvalue weighted by molar-refractivity contribution is 7.22. The van der Waals surface area contributed by atoms with Crippen LogP contribution in [0.15, 0.2) is 18.2 Å². The predicted molar refractivity (Wildman–Crippen MR) is 75.3 cm³/mol. The zero-order valence-electron chi connectivity index (χ0n) is 10.9. The Bertz CT molecular complexity index is 643. The van der Waals surface area contributed by atoms with Crippen molar-refractivity contribution in [2.45, 2.75) is 26.3 Å². The summed E-state index contributed by atoms with van der Waals surface area (Å²) in [7, 11) is 0. The van der Waals surface area contributed by atoms with Crippen molar-refractivity contribution in [1.29, 1.82) is 0 Å². The molecule has 1 aromatic heterocycles. The number of rotatable bonds is 2. The molecule has 0 aliphatic carbocycles. The summed E-state index contributed by atoms with van der Waals surface area (Å²) in [5, 5.41) is 9.72. The van der Waals surface area contributed by atoms with E-state index in [0.717, 1.165) is 6.29 Å². The Balaban J connectivity index is 2.62. The van der Waals surface area contributed by atoms with E-state index in [1.54, 1.807) is 39.0 Å². The molecule has 1 aromatic carbocycles. The van der Waals surface area contributed by atoms with Crippen molar-refractivity contribution < 1.29 is 14.7 Å². The van der Waals surface area contributed by atoms with Gasteiger partial charge in [-0.2, -0.15) is 0 Å². The van der Waals surface area contributed by atoms with Crippen LogP contribution in [0.3, 0.4) is 0 Å². The molecule has 0 aliphatic heterocycles. The molecule has 0 fully saturated rings. The number of aldehydes is 1. The minimum Gasteiger partial charge on any atom is -0.465 e. The SMILES string of the molecule is CC(C)(C)N(C(=O)O)c1nc2cccc(C=O)c2s1. The zero-order valence-corrected chi connectivity index (χ0v) is 11.7. The third-order valence-corrected chi connectivity index (χ3v) is 3.72. The molecule has 0 aliphatic rings. The number of aromatic nitrogens is 1. The molecule has 0 atom stereocenters. The number of amides is 1. The molecule has 0 saturated heterocycles. The highest BCUT2D eigenvalue weighted by Crippen LogP contribution is 2.34. The van der Waals surface area contributed by atoms with Gasteiger partial charge >= 0.3 is 6.09 Å². The van der Waals surface area contributed by atoms with E-state index in [1.807, 2.05) is 0 Å². The van der Waals surface area contributed by atoms with Crippen molar-refractivity contribution in [3.63, 3.8) is 0 Å². The van der Waals surface area contributed by atoms with Crippen molar-refractivity contribution in [2.75, 3.05) is 4.90 Å². The van der Waals surface area contributed by atoms with Crippen LogP contribution in [-0.4, -0.2) is 28.0 Å². The number of hydrogen-bond donors (Lipinski definition) is 1. The third kappa shape index (κ3) is 2.44. The van der Waals surface area contributed by atoms with E-state index in [-0.39, 0.29) is 0 Å². The Morgan fingerprint density at radius 1 is 1.42 bits per heavy atom. The fraction of sp³-hybridized carbons (Fsp3) is 0.308. The normalized spacial score (nSPS) is 11.5. The van der Waals surface area contributed by atoms with Gasteiger partial charge in [0.05, 0.1) is 10.2 Å². The Hall–Kier alpha value is -1.95. The second kappa shape index (κ2) is 4.62. The van der Waals surface area contributed by atoms with Gasteiger partial charge in [0.1, 0.15) is 0 Å². The van der Waals surface area contributed by atoms with E-state index in [1.165, 1.54) is 16.2 Å². The van der Waals surface area contributed by atoms with Crippen molar-refractivity contribution in [1.82, 2.24) is 4.98 Å². The first-order chi connectivity index (χ1) is 8.84. The summed E-state index contributed by atoms with van der Waals surface area (Å²) in [6.07, 6.45) is -0.300. The molecule has 2 aromatic rings. The Labute approximate surface area is 114 Å². The predicted octanol–water partition coefficient (Wildman–Crippen LogP) is 3.39. The smallest absolute Gasteiger partial charge is 0.414 e. The first-order valence-electron chi connectivity index (χ1n) is 5.72. The molecular formula is C13H14N2O3S. The fourth-order valence-electron chi connectivity index (χ4n) is 1.80. The van der Waals surface area contributed by atoms with Gasteiger partial charge in [0, 0.05) is 11.1 Å². The highest BCUT2D eigenvalue weighted by atomic mass is 32.1. The molecule has 100 valence electrons. The summed E-state index contributed by atoms with van der Waals surface area (Å²) in [4.78, 5) is 27.9. The maximum absolute atomic E-state index is 11.4. The van der Waals surface area contributed by atoms with Crippen LogP contribution in [0.25, 0.3) is 10.2 Å². The summed E-state index contributed by atoms with van der Waals surface area (Å²) in [5.41, 5.74) is 0.571. The summed E-state index contributed by atoms with van der Waals surface area (Å²) in [6.45, 7) is 5.40. The molecule has 2 rings (SSSR count). The molecule has 19 heavy (non-hydrogen) atoms. The van der Waals surface area contributed by atoms with Gasteiger partial charge in [-0.3, -0.25) is 4.79 Å². The van der Waals surface area contributed by atoms with E-state index in [4.69, 9.17) is 0 Å². The van der Waals surface area contributed by atoms with Gasteiger partial charge in [-0.15, -0.1) is 0 Å². The molecule has 1 heterocycles. The van der Waals surface area contributed by atoms with Crippen LogP contribution in [0, 0.1) is 0 Å². The van der Waals surface area contributed by atoms with Crippen LogP contribution in [0.2, 0.25) is 0 Å². The Morgan fingerprint density at radius 3 is 2.63 bits per heavy atom. The summed E-state index contributed by atoms with van der Waals surface area (Å²) in [5.74, 6) is 0. The van der Waals surface area contributed by atoms with Gasteiger partial charge in [-0.05, 0) is 26.8 Å². The summed E-state index contributed by atoms with van der Waals surface area (Å²) in [6, 6.07) is 5.20. The van der Waals surface area contributed by atoms with Gasteiger partial charge in [0.15, 0.2) is 11.4 Å². The van der Waals surface area contributed by atoms with Crippen molar-refractivity contribution in [3.05, 3.63) is 23.8 Å². The van der Waals surface area contributed by atoms with Crippen LogP contribution in [-0.2, 0) is 0 Å². The standard InChI is InChI=1S/C13H14N2O3S/c1-13(2,3)15(12(17)18)11-14-9-6-4-5-8(7-16)10(9)19-11/h4-7H,1-3H3,(H,17,18). The molecule has 1 N–H and O–H groups in total. The number of nitrogens with zero attached hydrogens (tertiary/aromatic N) is 2. The maximum atomic E-state index is 11.4. The van der Waals surface area contributed by atoms with Gasteiger partial charge in [-0.25, -0.2) is 14.7 Å². The van der Waals surface area contributed by atoms with E-state index >= 15 is 0 Å². The van der Waals surface area contributed by atoms with Crippen molar-refractivity contribution in [2.24, 2.45) is 0 Å². The number of thiazole rings is 1. The van der Waals surface area contributed by atoms with Gasteiger partial charge in [0.2, 0.25) is 0 Å². The molecule has 1 amide bonds. The summed E-state index contributed by atoms with van der Waals surface area (Å²) < 4.78 is 0.711. The van der Waals surface area contributed by atoms with Crippen molar-refractivity contribution >= 4 is 39.1 Å². The summed E-state index contributed by atoms with van der Waals surface area (Å²) >= 11 is 1.21. The molecule has 6 heteroatoms. The second-order valence-corrected chi connectivity index (χ2v) is 6.08. The number of hydrogen-bond acceptors (Lipinski definition) is 4. The average molecular weight is 278 g/mol. The number of anilines is 1. The maximum Gasteiger partial charge on any atom is 0.414 e. The molecule has 5 nitrogen and oxygen atoms in total.